The van der Waals surface area contributed by atoms with Gasteiger partial charge in [0.1, 0.15) is 5.82 Å². The van der Waals surface area contributed by atoms with E-state index in [1.807, 2.05) is 0 Å². The molecule has 3 rings (SSSR count). The van der Waals surface area contributed by atoms with Crippen molar-refractivity contribution in [1.82, 2.24) is 4.98 Å². The summed E-state index contributed by atoms with van der Waals surface area (Å²) in [4.78, 5) is 15.6. The van der Waals surface area contributed by atoms with Crippen LogP contribution in [0.4, 0.5) is 32.2 Å². The van der Waals surface area contributed by atoms with E-state index in [1.54, 1.807) is 0 Å². The number of rotatable bonds is 7. The zero-order chi connectivity index (χ0) is 24.7. The van der Waals surface area contributed by atoms with Gasteiger partial charge in [-0.2, -0.15) is 26.3 Å². The standard InChI is InChI=1S/C20H18F6N2O4S/c21-19(22,23)18(30,20(24,25)26)14-5-8-16(27-10-14)28-17(29)9-12-3-6-15(7-4-12)33(31,32)11-13-1-2-13/h3-8,10,13,30H,1-2,9,11H2,(H,27,28,29). The number of alkyl halides is 6. The first-order valence-electron chi connectivity index (χ1n) is 9.57. The summed E-state index contributed by atoms with van der Waals surface area (Å²) in [6.45, 7) is 0. The molecule has 33 heavy (non-hydrogen) atoms. The molecule has 0 bridgehead atoms. The maximum Gasteiger partial charge on any atom is 0.430 e. The molecule has 1 aliphatic rings. The summed E-state index contributed by atoms with van der Waals surface area (Å²) < 4.78 is 102. The Kier molecular flexibility index (Phi) is 6.50. The number of hydrogen-bond donors (Lipinski definition) is 2. The fourth-order valence-corrected chi connectivity index (χ4v) is 4.75. The van der Waals surface area contributed by atoms with Crippen LogP contribution < -0.4 is 5.32 Å². The van der Waals surface area contributed by atoms with Crippen molar-refractivity contribution in [2.45, 2.75) is 42.1 Å². The first-order valence-corrected chi connectivity index (χ1v) is 11.2. The number of carbonyl (C=O) groups excluding carboxylic acids is 1. The number of aromatic nitrogens is 1. The minimum Gasteiger partial charge on any atom is -0.369 e. The van der Waals surface area contributed by atoms with Crippen LogP contribution in [0, 0.1) is 5.92 Å². The van der Waals surface area contributed by atoms with Crippen molar-refractivity contribution in [2.24, 2.45) is 5.92 Å². The van der Waals surface area contributed by atoms with Gasteiger partial charge in [0.2, 0.25) is 5.91 Å². The van der Waals surface area contributed by atoms with Gasteiger partial charge in [0, 0.05) is 11.8 Å². The van der Waals surface area contributed by atoms with Gasteiger partial charge in [-0.1, -0.05) is 18.2 Å². The lowest BCUT2D eigenvalue weighted by molar-refractivity contribution is -0.376. The zero-order valence-electron chi connectivity index (χ0n) is 16.7. The van der Waals surface area contributed by atoms with Crippen LogP contribution in [0.1, 0.15) is 24.0 Å². The fourth-order valence-electron chi connectivity index (χ4n) is 3.05. The molecule has 2 aromatic rings. The molecule has 1 aromatic carbocycles. The SMILES string of the molecule is O=C(Cc1ccc(S(=O)(=O)CC2CC2)cc1)Nc1ccc(C(O)(C(F)(F)F)C(F)(F)F)cn1. The van der Waals surface area contributed by atoms with Crippen LogP contribution in [-0.2, 0) is 26.7 Å². The van der Waals surface area contributed by atoms with Crippen LogP contribution in [0.15, 0.2) is 47.5 Å². The van der Waals surface area contributed by atoms with Crippen molar-refractivity contribution >= 4 is 21.6 Å². The number of carbonyl (C=O) groups is 1. The highest BCUT2D eigenvalue weighted by Gasteiger charge is 2.71. The molecule has 0 atom stereocenters. The number of sulfone groups is 1. The Morgan fingerprint density at radius 3 is 2.03 bits per heavy atom. The predicted octanol–water partition coefficient (Wildman–Crippen LogP) is 3.76. The van der Waals surface area contributed by atoms with Crippen LogP contribution >= 0.6 is 0 Å². The average Bonchev–Trinajstić information content (AvgIpc) is 3.50. The van der Waals surface area contributed by atoms with Gasteiger partial charge in [0.05, 0.1) is 17.1 Å². The molecule has 1 amide bonds. The quantitative estimate of drug-likeness (QED) is 0.570. The Hall–Kier alpha value is -2.67. The van der Waals surface area contributed by atoms with E-state index in [1.165, 1.54) is 24.3 Å². The van der Waals surface area contributed by atoms with Crippen LogP contribution in [0.3, 0.4) is 0 Å². The number of amides is 1. The number of halogens is 6. The number of aliphatic hydroxyl groups is 1. The molecule has 0 radical (unpaired) electrons. The number of pyridine rings is 1. The molecule has 0 aliphatic heterocycles. The van der Waals surface area contributed by atoms with Crippen LogP contribution in [-0.4, -0.2) is 42.5 Å². The van der Waals surface area contributed by atoms with E-state index in [-0.39, 0.29) is 35.0 Å². The van der Waals surface area contributed by atoms with E-state index in [2.05, 4.69) is 10.3 Å². The summed E-state index contributed by atoms with van der Waals surface area (Å²) in [6, 6.07) is 6.66. The summed E-state index contributed by atoms with van der Waals surface area (Å²) in [5.74, 6) is -0.792. The van der Waals surface area contributed by atoms with Gasteiger partial charge >= 0.3 is 12.4 Å². The summed E-state index contributed by atoms with van der Waals surface area (Å²) in [7, 11) is -3.42. The van der Waals surface area contributed by atoms with Crippen molar-refractivity contribution in [3.05, 3.63) is 53.7 Å². The van der Waals surface area contributed by atoms with E-state index in [0.717, 1.165) is 12.8 Å². The van der Waals surface area contributed by atoms with Crippen LogP contribution in [0.5, 0.6) is 0 Å². The maximum atomic E-state index is 12.9. The van der Waals surface area contributed by atoms with E-state index < -0.39 is 39.3 Å². The van der Waals surface area contributed by atoms with Crippen molar-refractivity contribution < 1.29 is 44.7 Å². The number of hydrogen-bond acceptors (Lipinski definition) is 5. The van der Waals surface area contributed by atoms with Crippen molar-refractivity contribution in [3.8, 4) is 0 Å². The van der Waals surface area contributed by atoms with Gasteiger partial charge in [-0.25, -0.2) is 13.4 Å². The first kappa shape index (κ1) is 25.0. The van der Waals surface area contributed by atoms with Crippen molar-refractivity contribution in [3.63, 3.8) is 0 Å². The molecule has 1 aromatic heterocycles. The van der Waals surface area contributed by atoms with Crippen molar-refractivity contribution in [1.29, 1.82) is 0 Å². The molecule has 0 unspecified atom stereocenters. The third kappa shape index (κ3) is 5.46. The Bertz CT molecular complexity index is 1100. The number of nitrogens with one attached hydrogen (secondary N) is 1. The van der Waals surface area contributed by atoms with E-state index in [0.29, 0.717) is 17.7 Å². The van der Waals surface area contributed by atoms with Gasteiger partial charge in [0.25, 0.3) is 5.60 Å². The average molecular weight is 496 g/mol. The third-order valence-corrected chi connectivity index (χ3v) is 6.97. The van der Waals surface area contributed by atoms with Crippen LogP contribution in [0.2, 0.25) is 0 Å². The molecule has 0 saturated heterocycles. The van der Waals surface area contributed by atoms with E-state index in [9.17, 15) is 44.7 Å². The zero-order valence-corrected chi connectivity index (χ0v) is 17.6. The lowest BCUT2D eigenvalue weighted by Crippen LogP contribution is -2.54. The highest BCUT2D eigenvalue weighted by Crippen LogP contribution is 2.49. The highest BCUT2D eigenvalue weighted by atomic mass is 32.2. The smallest absolute Gasteiger partial charge is 0.369 e. The minimum atomic E-state index is -6.05. The molecular weight excluding hydrogens is 478 g/mol. The van der Waals surface area contributed by atoms with Crippen LogP contribution in [0.25, 0.3) is 0 Å². The predicted molar refractivity (Wildman–Crippen MR) is 104 cm³/mol. The van der Waals surface area contributed by atoms with Gasteiger partial charge < -0.3 is 10.4 Å². The number of benzene rings is 1. The molecular formula is C20H18F6N2O4S. The third-order valence-electron chi connectivity index (χ3n) is 5.07. The Morgan fingerprint density at radius 1 is 1.00 bits per heavy atom. The van der Waals surface area contributed by atoms with Gasteiger partial charge in [-0.05, 0) is 42.5 Å². The monoisotopic (exact) mass is 496 g/mol. The number of anilines is 1. The van der Waals surface area contributed by atoms with E-state index >= 15 is 0 Å². The molecule has 1 aliphatic carbocycles. The molecule has 180 valence electrons. The second-order valence-corrected chi connectivity index (χ2v) is 9.77. The molecule has 6 nitrogen and oxygen atoms in total. The second-order valence-electron chi connectivity index (χ2n) is 7.73. The van der Waals surface area contributed by atoms with Crippen molar-refractivity contribution in [2.75, 3.05) is 11.1 Å². The van der Waals surface area contributed by atoms with Gasteiger partial charge in [-0.3, -0.25) is 4.79 Å². The second kappa shape index (κ2) is 8.60. The molecule has 13 heteroatoms. The maximum absolute atomic E-state index is 12.9. The Morgan fingerprint density at radius 2 is 1.58 bits per heavy atom. The lowest BCUT2D eigenvalue weighted by Gasteiger charge is -2.32. The molecule has 2 N–H and O–H groups in total. The summed E-state index contributed by atoms with van der Waals surface area (Å²) in [6.07, 6.45) is -10.4. The van der Waals surface area contributed by atoms with Gasteiger partial charge in [-0.15, -0.1) is 0 Å². The molecule has 0 spiro atoms. The van der Waals surface area contributed by atoms with Gasteiger partial charge in [0.15, 0.2) is 9.84 Å². The fraction of sp³-hybridized carbons (Fsp3) is 0.400. The molecule has 1 saturated carbocycles. The molecule has 1 fully saturated rings. The summed E-state index contributed by atoms with van der Waals surface area (Å²) in [5.41, 5.74) is -6.24. The Balaban J connectivity index is 1.66. The highest BCUT2D eigenvalue weighted by molar-refractivity contribution is 7.91. The Labute approximate surface area is 184 Å². The molecule has 1 heterocycles. The topological polar surface area (TPSA) is 96.4 Å². The first-order chi connectivity index (χ1) is 15.1. The summed E-state index contributed by atoms with van der Waals surface area (Å²) >= 11 is 0. The number of nitrogens with zero attached hydrogens (tertiary/aromatic N) is 1. The lowest BCUT2D eigenvalue weighted by atomic mass is 9.94. The largest absolute Gasteiger partial charge is 0.430 e. The van der Waals surface area contributed by atoms with E-state index in [4.69, 9.17) is 0 Å². The minimum absolute atomic E-state index is 0.0618. The summed E-state index contributed by atoms with van der Waals surface area (Å²) in [5, 5.41) is 11.5. The normalized spacial score (nSPS) is 15.4.